The van der Waals surface area contributed by atoms with Crippen molar-refractivity contribution in [2.45, 2.75) is 19.3 Å². The second-order valence-electron chi connectivity index (χ2n) is 5.15. The van der Waals surface area contributed by atoms with Crippen molar-refractivity contribution in [3.05, 3.63) is 0 Å². The molecule has 7 nitrogen and oxygen atoms in total. The fraction of sp³-hybridized carbons (Fsp3) is 0.846. The number of carboxylic acids is 2. The number of carbonyl (C=O) groups is 2. The predicted octanol–water partition coefficient (Wildman–Crippen LogP) is -0.467. The van der Waals surface area contributed by atoms with Gasteiger partial charge in [0, 0.05) is 0 Å². The molecule has 1 rings (SSSR count). The number of rotatable bonds is 4. The van der Waals surface area contributed by atoms with Crippen molar-refractivity contribution in [3.8, 4) is 0 Å². The van der Waals surface area contributed by atoms with Crippen LogP contribution in [0, 0.1) is 0 Å². The van der Waals surface area contributed by atoms with E-state index in [1.165, 1.54) is 0 Å². The third-order valence-corrected chi connectivity index (χ3v) is 3.32. The van der Waals surface area contributed by atoms with Crippen LogP contribution in [0.3, 0.4) is 0 Å². The quantitative estimate of drug-likeness (QED) is 0.644. The predicted molar refractivity (Wildman–Crippen MR) is 74.9 cm³/mol. The number of nitrogens with zero attached hydrogens (tertiary/aromatic N) is 2. The zero-order valence-electron chi connectivity index (χ0n) is 11.9. The fourth-order valence-electron chi connectivity index (χ4n) is 2.42. The summed E-state index contributed by atoms with van der Waals surface area (Å²) >= 11 is 0. The minimum Gasteiger partial charge on any atom is -0.480 e. The lowest BCUT2D eigenvalue weighted by molar-refractivity contribution is -0.139. The summed E-state index contributed by atoms with van der Waals surface area (Å²) in [6.45, 7) is 4.77. The molecule has 20 heavy (non-hydrogen) atoms. The summed E-state index contributed by atoms with van der Waals surface area (Å²) in [5.74, 6) is -1.63. The lowest BCUT2D eigenvalue weighted by Gasteiger charge is -2.25. The zero-order valence-corrected chi connectivity index (χ0v) is 11.9. The van der Waals surface area contributed by atoms with Crippen molar-refractivity contribution in [2.75, 3.05) is 52.4 Å². The Balaban J connectivity index is 2.46. The number of aliphatic carboxylic acids is 2. The third kappa shape index (κ3) is 8.08. The van der Waals surface area contributed by atoms with Gasteiger partial charge in [-0.25, -0.2) is 0 Å². The number of carboxylic acid groups (broad SMARTS) is 2. The highest BCUT2D eigenvalue weighted by Gasteiger charge is 2.13. The van der Waals surface area contributed by atoms with Crippen molar-refractivity contribution < 1.29 is 19.8 Å². The van der Waals surface area contributed by atoms with Gasteiger partial charge in [-0.1, -0.05) is 0 Å². The molecule has 1 aliphatic heterocycles. The van der Waals surface area contributed by atoms with Gasteiger partial charge in [0.1, 0.15) is 0 Å². The van der Waals surface area contributed by atoms with Gasteiger partial charge in [0.2, 0.25) is 0 Å². The van der Waals surface area contributed by atoms with E-state index in [0.29, 0.717) is 13.1 Å². The van der Waals surface area contributed by atoms with Gasteiger partial charge in [0.15, 0.2) is 0 Å². The molecule has 7 heteroatoms. The Hall–Kier alpha value is -1.18. The first kappa shape index (κ1) is 16.9. The van der Waals surface area contributed by atoms with Crippen LogP contribution in [0.25, 0.3) is 0 Å². The van der Waals surface area contributed by atoms with Gasteiger partial charge in [-0.2, -0.15) is 0 Å². The molecule has 1 heterocycles. The number of hydrogen-bond acceptors (Lipinski definition) is 5. The van der Waals surface area contributed by atoms with Crippen molar-refractivity contribution in [1.29, 1.82) is 0 Å². The van der Waals surface area contributed by atoms with E-state index in [2.05, 4.69) is 5.32 Å². The lowest BCUT2D eigenvalue weighted by Crippen LogP contribution is -2.38. The number of nitrogens with one attached hydrogen (secondary N) is 1. The molecule has 3 N–H and O–H groups in total. The van der Waals surface area contributed by atoms with Crippen LogP contribution in [0.1, 0.15) is 19.3 Å². The summed E-state index contributed by atoms with van der Waals surface area (Å²) in [6, 6.07) is 0. The highest BCUT2D eigenvalue weighted by Crippen LogP contribution is 2.00. The van der Waals surface area contributed by atoms with Gasteiger partial charge in [0.05, 0.1) is 13.1 Å². The van der Waals surface area contributed by atoms with Crippen LogP contribution in [0.5, 0.6) is 0 Å². The molecule has 0 bridgehead atoms. The third-order valence-electron chi connectivity index (χ3n) is 3.32. The molecule has 0 unspecified atom stereocenters. The molecule has 0 saturated carbocycles. The summed E-state index contributed by atoms with van der Waals surface area (Å²) in [4.78, 5) is 25.5. The van der Waals surface area contributed by atoms with Crippen LogP contribution in [0.4, 0.5) is 0 Å². The molecule has 0 atom stereocenters. The molecule has 0 radical (unpaired) electrons. The van der Waals surface area contributed by atoms with Crippen molar-refractivity contribution in [2.24, 2.45) is 0 Å². The first-order valence-electron chi connectivity index (χ1n) is 7.17. The van der Waals surface area contributed by atoms with E-state index in [1.807, 2.05) is 9.80 Å². The zero-order chi connectivity index (χ0) is 14.8. The van der Waals surface area contributed by atoms with Gasteiger partial charge in [0.25, 0.3) is 0 Å². The molecule has 1 saturated heterocycles. The van der Waals surface area contributed by atoms with E-state index in [4.69, 9.17) is 10.2 Å². The topological polar surface area (TPSA) is 93.1 Å². The van der Waals surface area contributed by atoms with E-state index >= 15 is 0 Å². The number of hydrogen-bond donors (Lipinski definition) is 3. The smallest absolute Gasteiger partial charge is 0.317 e. The molecule has 0 aromatic heterocycles. The van der Waals surface area contributed by atoms with Crippen molar-refractivity contribution >= 4 is 11.9 Å². The molecule has 0 spiro atoms. The summed E-state index contributed by atoms with van der Waals surface area (Å²) in [5, 5.41) is 21.1. The van der Waals surface area contributed by atoms with E-state index in [-0.39, 0.29) is 13.1 Å². The second kappa shape index (κ2) is 9.68. The van der Waals surface area contributed by atoms with E-state index in [1.54, 1.807) is 0 Å². The first-order chi connectivity index (χ1) is 9.58. The minimum absolute atomic E-state index is 0.0545. The Morgan fingerprint density at radius 1 is 0.800 bits per heavy atom. The van der Waals surface area contributed by atoms with Crippen LogP contribution < -0.4 is 5.32 Å². The maximum absolute atomic E-state index is 10.8. The van der Waals surface area contributed by atoms with Crippen molar-refractivity contribution in [3.63, 3.8) is 0 Å². The molecule has 0 aromatic rings. The molecule has 0 aromatic carbocycles. The summed E-state index contributed by atoms with van der Waals surface area (Å²) in [6.07, 6.45) is 2.67. The molecular weight excluding hydrogens is 262 g/mol. The van der Waals surface area contributed by atoms with Crippen LogP contribution >= 0.6 is 0 Å². The highest BCUT2D eigenvalue weighted by atomic mass is 16.4. The Bertz CT molecular complexity index is 284. The molecule has 0 amide bonds. The Labute approximate surface area is 119 Å². The second-order valence-corrected chi connectivity index (χ2v) is 5.15. The Morgan fingerprint density at radius 2 is 1.20 bits per heavy atom. The molecule has 116 valence electrons. The van der Waals surface area contributed by atoms with E-state index < -0.39 is 11.9 Å². The SMILES string of the molecule is O=C(O)CN1CCCNCCCN(CC(=O)O)CCC1. The normalized spacial score (nSPS) is 20.8. The van der Waals surface area contributed by atoms with Gasteiger partial charge in [-0.3, -0.25) is 19.4 Å². The largest absolute Gasteiger partial charge is 0.480 e. The van der Waals surface area contributed by atoms with Gasteiger partial charge in [-0.05, 0) is 58.5 Å². The lowest BCUT2D eigenvalue weighted by atomic mass is 10.2. The molecule has 1 aliphatic rings. The maximum Gasteiger partial charge on any atom is 0.317 e. The van der Waals surface area contributed by atoms with Gasteiger partial charge < -0.3 is 15.5 Å². The first-order valence-corrected chi connectivity index (χ1v) is 7.17. The monoisotopic (exact) mass is 287 g/mol. The average molecular weight is 287 g/mol. The van der Waals surface area contributed by atoms with Crippen LogP contribution in [0.2, 0.25) is 0 Å². The van der Waals surface area contributed by atoms with E-state index in [9.17, 15) is 9.59 Å². The summed E-state index contributed by atoms with van der Waals surface area (Å²) in [7, 11) is 0. The molecule has 1 fully saturated rings. The Morgan fingerprint density at radius 3 is 1.60 bits per heavy atom. The van der Waals surface area contributed by atoms with Gasteiger partial charge in [-0.15, -0.1) is 0 Å². The standard InChI is InChI=1S/C13H25N3O4/c17-12(18)10-15-6-1-4-14-5-2-7-16(9-3-8-15)11-13(19)20/h14H,1-11H2,(H,17,18)(H,19,20). The minimum atomic E-state index is -0.813. The maximum atomic E-state index is 10.8. The summed E-state index contributed by atoms with van der Waals surface area (Å²) < 4.78 is 0. The van der Waals surface area contributed by atoms with E-state index in [0.717, 1.165) is 45.4 Å². The van der Waals surface area contributed by atoms with Crippen molar-refractivity contribution in [1.82, 2.24) is 15.1 Å². The van der Waals surface area contributed by atoms with Crippen LogP contribution in [0.15, 0.2) is 0 Å². The average Bonchev–Trinajstić information content (AvgIpc) is 2.33. The molecule has 0 aliphatic carbocycles. The summed E-state index contributed by atoms with van der Waals surface area (Å²) in [5.41, 5.74) is 0. The highest BCUT2D eigenvalue weighted by molar-refractivity contribution is 5.69. The van der Waals surface area contributed by atoms with Gasteiger partial charge >= 0.3 is 11.9 Å². The Kier molecular flexibility index (Phi) is 8.17. The molecular formula is C13H25N3O4. The fourth-order valence-corrected chi connectivity index (χ4v) is 2.42. The van der Waals surface area contributed by atoms with Crippen LogP contribution in [-0.2, 0) is 9.59 Å². The van der Waals surface area contributed by atoms with Crippen LogP contribution in [-0.4, -0.2) is 84.3 Å².